The second-order valence-corrected chi connectivity index (χ2v) is 4.48. The van der Waals surface area contributed by atoms with Crippen molar-refractivity contribution >= 4 is 17.0 Å². The Morgan fingerprint density at radius 3 is 2.52 bits per heavy atom. The third-order valence-electron chi connectivity index (χ3n) is 3.05. The number of hydrogen-bond donors (Lipinski definition) is 1. The molecule has 1 heterocycles. The van der Waals surface area contributed by atoms with Gasteiger partial charge in [0.25, 0.3) is 0 Å². The number of hydrogen-bond acceptors (Lipinski definition) is 2. The van der Waals surface area contributed by atoms with Gasteiger partial charge in [0, 0.05) is 22.5 Å². The minimum atomic E-state index is -4.53. The van der Waals surface area contributed by atoms with Gasteiger partial charge in [0.1, 0.15) is 5.82 Å². The largest absolute Gasteiger partial charge is 0.453 e. The van der Waals surface area contributed by atoms with Gasteiger partial charge < -0.3 is 15.7 Å². The predicted molar refractivity (Wildman–Crippen MR) is 69.9 cm³/mol. The average Bonchev–Trinajstić information content (AvgIpc) is 2.76. The Balaban J connectivity index is 2.17. The van der Waals surface area contributed by atoms with Crippen LogP contribution in [-0.2, 0) is 6.18 Å². The van der Waals surface area contributed by atoms with Crippen molar-refractivity contribution in [3.63, 3.8) is 0 Å². The zero-order chi connectivity index (χ0) is 15.2. The van der Waals surface area contributed by atoms with E-state index in [1.807, 2.05) is 0 Å². The number of alkyl halides is 3. The van der Waals surface area contributed by atoms with Gasteiger partial charge in [-0.25, -0.2) is 4.39 Å². The molecule has 3 nitrogen and oxygen atoms in total. The molecule has 21 heavy (non-hydrogen) atoms. The van der Waals surface area contributed by atoms with Crippen molar-refractivity contribution in [2.24, 2.45) is 0 Å². The van der Waals surface area contributed by atoms with Crippen LogP contribution in [0.25, 0.3) is 22.2 Å². The molecule has 0 unspecified atom stereocenters. The zero-order valence-corrected chi connectivity index (χ0v) is 10.4. The first-order chi connectivity index (χ1) is 9.84. The lowest BCUT2D eigenvalue weighted by Gasteiger charge is -2.10. The fourth-order valence-electron chi connectivity index (χ4n) is 2.07. The fraction of sp³-hybridized carbons (Fsp3) is 0.0714. The lowest BCUT2D eigenvalue weighted by molar-refractivity contribution is -0.137. The number of imidazole rings is 1. The van der Waals surface area contributed by atoms with Gasteiger partial charge in [0.2, 0.25) is 0 Å². The number of rotatable bonds is 1. The summed E-state index contributed by atoms with van der Waals surface area (Å²) in [6.07, 6.45) is -4.53. The van der Waals surface area contributed by atoms with Gasteiger partial charge in [-0.3, -0.25) is 0 Å². The molecule has 0 aliphatic rings. The van der Waals surface area contributed by atoms with Crippen LogP contribution in [0.2, 0.25) is 0 Å². The first-order valence-electron chi connectivity index (χ1n) is 5.92. The molecular formula is C14H8F4N3-. The van der Waals surface area contributed by atoms with Crippen LogP contribution in [0.4, 0.5) is 23.5 Å². The molecule has 0 amide bonds. The molecule has 3 rings (SSSR count). The minimum absolute atomic E-state index is 0.0617. The van der Waals surface area contributed by atoms with Gasteiger partial charge >= 0.3 is 6.18 Å². The topological polar surface area (TPSA) is 53.0 Å². The third kappa shape index (κ3) is 2.42. The van der Waals surface area contributed by atoms with Crippen LogP contribution in [0, 0.1) is 5.82 Å². The number of nitrogen functional groups attached to an aromatic ring is 1. The van der Waals surface area contributed by atoms with E-state index in [1.165, 1.54) is 18.2 Å². The fourth-order valence-corrected chi connectivity index (χ4v) is 2.07. The SMILES string of the molecule is Nc1nc2cc(-c3cc(C(F)(F)F)ccc3F)ccc2[n-]1. The normalized spacial score (nSPS) is 12.0. The van der Waals surface area contributed by atoms with Gasteiger partial charge in [-0.1, -0.05) is 12.1 Å². The highest BCUT2D eigenvalue weighted by Crippen LogP contribution is 2.34. The van der Waals surface area contributed by atoms with Gasteiger partial charge in [-0.15, -0.1) is 0 Å². The summed E-state index contributed by atoms with van der Waals surface area (Å²) in [6.45, 7) is 0. The molecule has 0 saturated heterocycles. The summed E-state index contributed by atoms with van der Waals surface area (Å²) < 4.78 is 52.0. The summed E-state index contributed by atoms with van der Waals surface area (Å²) in [5, 5.41) is 0. The number of benzene rings is 2. The molecule has 0 radical (unpaired) electrons. The molecule has 0 fully saturated rings. The molecule has 0 aliphatic heterocycles. The van der Waals surface area contributed by atoms with E-state index in [4.69, 9.17) is 5.73 Å². The number of aromatic nitrogens is 2. The van der Waals surface area contributed by atoms with Crippen molar-refractivity contribution in [1.82, 2.24) is 9.97 Å². The van der Waals surface area contributed by atoms with Crippen LogP contribution in [0.5, 0.6) is 0 Å². The molecule has 2 N–H and O–H groups in total. The molecule has 2 aromatic carbocycles. The predicted octanol–water partition coefficient (Wildman–Crippen LogP) is 3.60. The van der Waals surface area contributed by atoms with Gasteiger partial charge in [-0.05, 0) is 29.8 Å². The van der Waals surface area contributed by atoms with Crippen LogP contribution in [0.3, 0.4) is 0 Å². The van der Waals surface area contributed by atoms with E-state index < -0.39 is 17.6 Å². The van der Waals surface area contributed by atoms with E-state index in [9.17, 15) is 17.6 Å². The van der Waals surface area contributed by atoms with Crippen LogP contribution in [0.1, 0.15) is 5.56 Å². The molecule has 0 spiro atoms. The number of nitrogens with two attached hydrogens (primary N) is 1. The Morgan fingerprint density at radius 2 is 1.81 bits per heavy atom. The second kappa shape index (κ2) is 4.47. The van der Waals surface area contributed by atoms with Gasteiger partial charge in [-0.2, -0.15) is 13.2 Å². The molecule has 3 aromatic rings. The number of nitrogens with zero attached hydrogens (tertiary/aromatic N) is 2. The number of halogens is 4. The summed E-state index contributed by atoms with van der Waals surface area (Å²) >= 11 is 0. The van der Waals surface area contributed by atoms with E-state index in [0.717, 1.165) is 12.1 Å². The first-order valence-corrected chi connectivity index (χ1v) is 5.92. The van der Waals surface area contributed by atoms with Crippen molar-refractivity contribution in [1.29, 1.82) is 0 Å². The van der Waals surface area contributed by atoms with E-state index in [2.05, 4.69) is 9.97 Å². The molecule has 0 saturated carbocycles. The van der Waals surface area contributed by atoms with E-state index >= 15 is 0 Å². The summed E-state index contributed by atoms with van der Waals surface area (Å²) in [4.78, 5) is 7.84. The smallest absolute Gasteiger partial charge is 0.416 e. The van der Waals surface area contributed by atoms with E-state index in [-0.39, 0.29) is 17.1 Å². The maximum absolute atomic E-state index is 13.8. The molecule has 0 aliphatic carbocycles. The summed E-state index contributed by atoms with van der Waals surface area (Å²) in [5.74, 6) is -0.679. The molecule has 108 valence electrons. The lowest BCUT2D eigenvalue weighted by atomic mass is 10.0. The van der Waals surface area contributed by atoms with Crippen LogP contribution < -0.4 is 10.7 Å². The highest BCUT2D eigenvalue weighted by molar-refractivity contribution is 5.83. The van der Waals surface area contributed by atoms with E-state index in [0.29, 0.717) is 17.1 Å². The zero-order valence-electron chi connectivity index (χ0n) is 10.4. The van der Waals surface area contributed by atoms with Gasteiger partial charge in [0.15, 0.2) is 0 Å². The Kier molecular flexibility index (Phi) is 2.86. The van der Waals surface area contributed by atoms with E-state index in [1.54, 1.807) is 0 Å². The van der Waals surface area contributed by atoms with Crippen molar-refractivity contribution in [3.8, 4) is 11.1 Å². The highest BCUT2D eigenvalue weighted by Gasteiger charge is 2.31. The molecule has 0 atom stereocenters. The summed E-state index contributed by atoms with van der Waals surface area (Å²) in [6, 6.07) is 6.75. The standard InChI is InChI=1S/C14H8F4N3/c15-10-3-2-8(14(16,17)18)6-9(10)7-1-4-11-12(5-7)21-13(19)20-11/h1-6H,(H2-,19,20,21)/q-1. The maximum atomic E-state index is 13.8. The first kappa shape index (κ1) is 13.4. The Morgan fingerprint density at radius 1 is 1.05 bits per heavy atom. The highest BCUT2D eigenvalue weighted by atomic mass is 19.4. The number of fused-ring (bicyclic) bond motifs is 1. The molecule has 0 bridgehead atoms. The Bertz CT molecular complexity index is 821. The average molecular weight is 294 g/mol. The molecule has 1 aromatic heterocycles. The monoisotopic (exact) mass is 294 g/mol. The minimum Gasteiger partial charge on any atom is -0.453 e. The van der Waals surface area contributed by atoms with Crippen LogP contribution in [0.15, 0.2) is 36.4 Å². The molecular weight excluding hydrogens is 286 g/mol. The quantitative estimate of drug-likeness (QED) is 0.698. The van der Waals surface area contributed by atoms with Crippen molar-refractivity contribution in [2.75, 3.05) is 5.73 Å². The molecule has 7 heteroatoms. The maximum Gasteiger partial charge on any atom is 0.416 e. The van der Waals surface area contributed by atoms with Crippen molar-refractivity contribution < 1.29 is 17.6 Å². The number of anilines is 1. The van der Waals surface area contributed by atoms with Crippen LogP contribution in [-0.4, -0.2) is 4.98 Å². The Hall–Kier alpha value is -2.57. The Labute approximate surface area is 116 Å². The third-order valence-corrected chi connectivity index (χ3v) is 3.05. The van der Waals surface area contributed by atoms with Crippen molar-refractivity contribution in [3.05, 3.63) is 47.8 Å². The van der Waals surface area contributed by atoms with Crippen LogP contribution >= 0.6 is 0 Å². The summed E-state index contributed by atoms with van der Waals surface area (Å²) in [7, 11) is 0. The van der Waals surface area contributed by atoms with Gasteiger partial charge in [0.05, 0.1) is 5.56 Å². The summed E-state index contributed by atoms with van der Waals surface area (Å²) in [5.41, 5.74) is 5.58. The lowest BCUT2D eigenvalue weighted by Crippen LogP contribution is -2.05. The second-order valence-electron chi connectivity index (χ2n) is 4.48. The van der Waals surface area contributed by atoms with Crippen molar-refractivity contribution in [2.45, 2.75) is 6.18 Å².